The summed E-state index contributed by atoms with van der Waals surface area (Å²) in [7, 11) is 1.70. The smallest absolute Gasteiger partial charge is 0.292 e. The zero-order valence-electron chi connectivity index (χ0n) is 18.1. The SMILES string of the molecule is Cn1cnc(-c2nc(C(F)F)c(C(=O)N3CCc4[nH]cnc4[C@H]3c3nc4cc(F)ccc4o3)o2)c1. The summed E-state index contributed by atoms with van der Waals surface area (Å²) in [6, 6.07) is 2.89. The van der Waals surface area contributed by atoms with Crippen molar-refractivity contribution in [1.82, 2.24) is 34.4 Å². The Labute approximate surface area is 194 Å². The van der Waals surface area contributed by atoms with Gasteiger partial charge in [-0.05, 0) is 12.1 Å². The fourth-order valence-corrected chi connectivity index (χ4v) is 4.18. The highest BCUT2D eigenvalue weighted by molar-refractivity contribution is 5.93. The predicted molar refractivity (Wildman–Crippen MR) is 113 cm³/mol. The monoisotopic (exact) mass is 483 g/mol. The Morgan fingerprint density at radius 2 is 2.09 bits per heavy atom. The van der Waals surface area contributed by atoms with Gasteiger partial charge in [0.15, 0.2) is 17.3 Å². The number of carbonyl (C=O) groups excluding carboxylic acids is 1. The molecule has 0 fully saturated rings. The number of halogens is 3. The molecule has 0 unspecified atom stereocenters. The topological polar surface area (TPSA) is 119 Å². The lowest BCUT2D eigenvalue weighted by atomic mass is 10.0. The van der Waals surface area contributed by atoms with E-state index < -0.39 is 35.6 Å². The number of aryl methyl sites for hydroxylation is 1. The van der Waals surface area contributed by atoms with Crippen LogP contribution in [0.15, 0.2) is 45.9 Å². The van der Waals surface area contributed by atoms with Crippen molar-refractivity contribution in [2.45, 2.75) is 18.9 Å². The minimum atomic E-state index is -3.06. The number of nitrogens with one attached hydrogen (secondary N) is 1. The molecule has 4 aromatic heterocycles. The first-order chi connectivity index (χ1) is 16.9. The van der Waals surface area contributed by atoms with Crippen molar-refractivity contribution in [3.05, 3.63) is 71.6 Å². The molecule has 13 heteroatoms. The number of hydrogen-bond acceptors (Lipinski definition) is 7. The van der Waals surface area contributed by atoms with E-state index in [1.54, 1.807) is 11.6 Å². The predicted octanol–water partition coefficient (Wildman–Crippen LogP) is 3.80. The standard InChI is InChI=1S/C22H16F3N7O3/c1-31-7-13(28-9-31)20-30-16(19(24)25)18(35-20)22(33)32-5-4-11-15(27-8-26-11)17(32)21-29-12-6-10(23)2-3-14(12)34-21/h2-3,6-9,17,19H,4-5H2,1H3,(H,26,27)/t17-/m0/s1. The third kappa shape index (κ3) is 3.47. The normalized spacial score (nSPS) is 15.8. The van der Waals surface area contributed by atoms with Gasteiger partial charge < -0.3 is 23.3 Å². The Bertz CT molecular complexity index is 1570. The number of benzene rings is 1. The second kappa shape index (κ2) is 7.82. The number of imidazole rings is 2. The Balaban J connectivity index is 1.45. The Morgan fingerprint density at radius 1 is 1.23 bits per heavy atom. The van der Waals surface area contributed by atoms with E-state index in [0.29, 0.717) is 17.7 Å². The second-order valence-corrected chi connectivity index (χ2v) is 8.04. The highest BCUT2D eigenvalue weighted by Gasteiger charge is 2.41. The minimum Gasteiger partial charge on any atom is -0.438 e. The maximum absolute atomic E-state index is 13.9. The van der Waals surface area contributed by atoms with E-state index in [-0.39, 0.29) is 29.5 Å². The molecule has 1 amide bonds. The number of oxazole rings is 2. The van der Waals surface area contributed by atoms with E-state index in [9.17, 15) is 18.0 Å². The Kier molecular flexibility index (Phi) is 4.72. The average Bonchev–Trinajstić information content (AvgIpc) is 3.62. The molecule has 5 aromatic rings. The maximum Gasteiger partial charge on any atom is 0.292 e. The summed E-state index contributed by atoms with van der Waals surface area (Å²) >= 11 is 0. The first-order valence-corrected chi connectivity index (χ1v) is 10.6. The van der Waals surface area contributed by atoms with Crippen molar-refractivity contribution in [3.63, 3.8) is 0 Å². The van der Waals surface area contributed by atoms with Crippen LogP contribution in [0.3, 0.4) is 0 Å². The molecule has 35 heavy (non-hydrogen) atoms. The maximum atomic E-state index is 13.9. The van der Waals surface area contributed by atoms with Crippen molar-refractivity contribution in [1.29, 1.82) is 0 Å². The van der Waals surface area contributed by atoms with Crippen LogP contribution in [-0.4, -0.2) is 46.8 Å². The van der Waals surface area contributed by atoms with Gasteiger partial charge in [0.1, 0.15) is 17.0 Å². The molecule has 5 heterocycles. The molecule has 10 nitrogen and oxygen atoms in total. The fraction of sp³-hybridized carbons (Fsp3) is 0.227. The first kappa shape index (κ1) is 21.1. The minimum absolute atomic E-state index is 0.0649. The van der Waals surface area contributed by atoms with Gasteiger partial charge in [-0.25, -0.2) is 33.1 Å². The van der Waals surface area contributed by atoms with Crippen molar-refractivity contribution in [2.24, 2.45) is 7.05 Å². The van der Waals surface area contributed by atoms with Crippen LogP contribution in [0.25, 0.3) is 22.7 Å². The van der Waals surface area contributed by atoms with Crippen LogP contribution < -0.4 is 0 Å². The number of hydrogen-bond donors (Lipinski definition) is 1. The van der Waals surface area contributed by atoms with Gasteiger partial charge >= 0.3 is 0 Å². The highest BCUT2D eigenvalue weighted by atomic mass is 19.3. The summed E-state index contributed by atoms with van der Waals surface area (Å²) in [6.07, 6.45) is 1.78. The van der Waals surface area contributed by atoms with Crippen LogP contribution >= 0.6 is 0 Å². The molecule has 1 aliphatic rings. The van der Waals surface area contributed by atoms with Gasteiger partial charge in [-0.1, -0.05) is 0 Å². The van der Waals surface area contributed by atoms with Gasteiger partial charge in [0, 0.05) is 38.0 Å². The molecule has 0 bridgehead atoms. The quantitative estimate of drug-likeness (QED) is 0.413. The van der Waals surface area contributed by atoms with Crippen LogP contribution in [0.2, 0.25) is 0 Å². The molecule has 1 aromatic carbocycles. The average molecular weight is 483 g/mol. The molecule has 1 aliphatic heterocycles. The lowest BCUT2D eigenvalue weighted by molar-refractivity contribution is 0.0621. The largest absolute Gasteiger partial charge is 0.438 e. The summed E-state index contributed by atoms with van der Waals surface area (Å²) < 4.78 is 54.4. The zero-order valence-corrected chi connectivity index (χ0v) is 18.1. The number of carbonyl (C=O) groups is 1. The molecular weight excluding hydrogens is 467 g/mol. The van der Waals surface area contributed by atoms with E-state index >= 15 is 0 Å². The molecule has 178 valence electrons. The van der Waals surface area contributed by atoms with Crippen molar-refractivity contribution < 1.29 is 26.8 Å². The van der Waals surface area contributed by atoms with Crippen LogP contribution in [0.1, 0.15) is 46.0 Å². The summed E-state index contributed by atoms with van der Waals surface area (Å²) in [6.45, 7) is 0.133. The van der Waals surface area contributed by atoms with Gasteiger partial charge in [0.2, 0.25) is 17.5 Å². The number of nitrogens with zero attached hydrogens (tertiary/aromatic N) is 6. The van der Waals surface area contributed by atoms with Gasteiger partial charge in [-0.3, -0.25) is 4.79 Å². The number of aromatic nitrogens is 6. The lowest BCUT2D eigenvalue weighted by Gasteiger charge is -2.32. The van der Waals surface area contributed by atoms with Crippen molar-refractivity contribution in [3.8, 4) is 11.6 Å². The summed E-state index contributed by atoms with van der Waals surface area (Å²) in [5, 5.41) is 0. The number of alkyl halides is 2. The molecule has 6 rings (SSSR count). The van der Waals surface area contributed by atoms with E-state index in [2.05, 4.69) is 24.9 Å². The van der Waals surface area contributed by atoms with Crippen LogP contribution in [0.5, 0.6) is 0 Å². The summed E-state index contributed by atoms with van der Waals surface area (Å²) in [4.78, 5) is 34.5. The first-order valence-electron chi connectivity index (χ1n) is 10.6. The van der Waals surface area contributed by atoms with E-state index in [4.69, 9.17) is 8.83 Å². The third-order valence-corrected chi connectivity index (χ3v) is 5.76. The molecule has 1 N–H and O–H groups in total. The molecule has 0 saturated heterocycles. The summed E-state index contributed by atoms with van der Waals surface area (Å²) in [5.74, 6) is -2.07. The Morgan fingerprint density at radius 3 is 2.86 bits per heavy atom. The van der Waals surface area contributed by atoms with Crippen molar-refractivity contribution in [2.75, 3.05) is 6.54 Å². The summed E-state index contributed by atoms with van der Waals surface area (Å²) in [5.41, 5.74) is 1.16. The number of aromatic amines is 1. The van der Waals surface area contributed by atoms with E-state index in [0.717, 1.165) is 5.69 Å². The molecule has 1 atom stereocenters. The van der Waals surface area contributed by atoms with Gasteiger partial charge in [0.05, 0.1) is 18.3 Å². The number of fused-ring (bicyclic) bond motifs is 2. The Hall–Kier alpha value is -4.42. The van der Waals surface area contributed by atoms with Gasteiger partial charge in [-0.2, -0.15) is 0 Å². The number of amides is 1. The molecule has 0 spiro atoms. The van der Waals surface area contributed by atoms with Crippen LogP contribution in [0.4, 0.5) is 13.2 Å². The van der Waals surface area contributed by atoms with E-state index in [1.807, 2.05) is 0 Å². The molecule has 0 saturated carbocycles. The highest BCUT2D eigenvalue weighted by Crippen LogP contribution is 2.37. The fourth-order valence-electron chi connectivity index (χ4n) is 4.18. The number of rotatable bonds is 4. The van der Waals surface area contributed by atoms with Gasteiger partial charge in [-0.15, -0.1) is 0 Å². The third-order valence-electron chi connectivity index (χ3n) is 5.76. The van der Waals surface area contributed by atoms with Crippen LogP contribution in [0, 0.1) is 5.82 Å². The van der Waals surface area contributed by atoms with Gasteiger partial charge in [0.25, 0.3) is 12.3 Å². The van der Waals surface area contributed by atoms with Crippen molar-refractivity contribution >= 4 is 17.0 Å². The molecule has 0 radical (unpaired) electrons. The number of H-pyrrole nitrogens is 1. The van der Waals surface area contributed by atoms with Crippen LogP contribution in [-0.2, 0) is 13.5 Å². The zero-order chi connectivity index (χ0) is 24.3. The van der Waals surface area contributed by atoms with E-state index in [1.165, 1.54) is 42.0 Å². The lowest BCUT2D eigenvalue weighted by Crippen LogP contribution is -2.41. The second-order valence-electron chi connectivity index (χ2n) is 8.04. The molecule has 0 aliphatic carbocycles. The molecular formula is C22H16F3N7O3.